The number of halogens is 2. The molecule has 0 aromatic heterocycles. The molecule has 0 radical (unpaired) electrons. The number of rotatable bonds is 3. The van der Waals surface area contributed by atoms with Gasteiger partial charge in [0, 0.05) is 18.7 Å². The lowest BCUT2D eigenvalue weighted by molar-refractivity contribution is 0.108. The molecule has 1 rings (SSSR count). The number of carbonyl (C=O) groups excluding carboxylic acids is 1. The molecule has 0 N–H and O–H groups in total. The summed E-state index contributed by atoms with van der Waals surface area (Å²) in [6.45, 7) is 6.74. The first-order valence-corrected chi connectivity index (χ1v) is 9.24. The maximum atomic E-state index is 11.2. The molecule has 0 heterocycles. The van der Waals surface area contributed by atoms with Gasteiger partial charge in [0.1, 0.15) is 0 Å². The lowest BCUT2D eigenvalue weighted by Crippen LogP contribution is -2.25. The SMILES string of the molecule is C[Si](C)(C)Cc1cc(Cl)ccc1C(=O)Cl. The van der Waals surface area contributed by atoms with Gasteiger partial charge in [-0.25, -0.2) is 0 Å². The quantitative estimate of drug-likeness (QED) is 0.590. The van der Waals surface area contributed by atoms with E-state index in [-0.39, 0.29) is 0 Å². The summed E-state index contributed by atoms with van der Waals surface area (Å²) >= 11 is 11.4. The standard InChI is InChI=1S/C11H14Cl2OSi/c1-15(2,3)7-8-6-9(12)4-5-10(8)11(13)14/h4-6H,7H2,1-3H3. The summed E-state index contributed by atoms with van der Waals surface area (Å²) in [5.74, 6) is 0. The molecule has 0 atom stereocenters. The molecule has 0 unspecified atom stereocenters. The van der Waals surface area contributed by atoms with E-state index in [9.17, 15) is 4.79 Å². The van der Waals surface area contributed by atoms with E-state index >= 15 is 0 Å². The van der Waals surface area contributed by atoms with Gasteiger partial charge in [0.25, 0.3) is 5.24 Å². The molecule has 0 amide bonds. The van der Waals surface area contributed by atoms with Crippen molar-refractivity contribution in [1.82, 2.24) is 0 Å². The van der Waals surface area contributed by atoms with Crippen LogP contribution in [0.5, 0.6) is 0 Å². The van der Waals surface area contributed by atoms with Crippen LogP contribution in [-0.4, -0.2) is 13.3 Å². The monoisotopic (exact) mass is 260 g/mol. The number of carbonyl (C=O) groups is 1. The Morgan fingerprint density at radius 1 is 1.33 bits per heavy atom. The van der Waals surface area contributed by atoms with Crippen LogP contribution in [0.25, 0.3) is 0 Å². The van der Waals surface area contributed by atoms with Crippen LogP contribution in [0.4, 0.5) is 0 Å². The number of hydrogen-bond acceptors (Lipinski definition) is 1. The van der Waals surface area contributed by atoms with E-state index in [1.807, 2.05) is 6.07 Å². The van der Waals surface area contributed by atoms with Gasteiger partial charge in [-0.05, 0) is 41.4 Å². The summed E-state index contributed by atoms with van der Waals surface area (Å²) in [7, 11) is -1.27. The average Bonchev–Trinajstić information content (AvgIpc) is 1.99. The molecule has 0 fully saturated rings. The van der Waals surface area contributed by atoms with Crippen molar-refractivity contribution in [2.75, 3.05) is 0 Å². The van der Waals surface area contributed by atoms with Crippen molar-refractivity contribution in [3.05, 3.63) is 34.3 Å². The second kappa shape index (κ2) is 4.68. The Kier molecular flexibility index (Phi) is 3.98. The van der Waals surface area contributed by atoms with Crippen molar-refractivity contribution < 1.29 is 4.79 Å². The van der Waals surface area contributed by atoms with Gasteiger partial charge in [0.2, 0.25) is 0 Å². The molecule has 82 valence electrons. The fourth-order valence-electron chi connectivity index (χ4n) is 1.47. The van der Waals surface area contributed by atoms with Crippen molar-refractivity contribution in [3.8, 4) is 0 Å². The Morgan fingerprint density at radius 3 is 2.40 bits per heavy atom. The summed E-state index contributed by atoms with van der Waals surface area (Å²) in [6, 6.07) is 6.16. The third kappa shape index (κ3) is 3.97. The van der Waals surface area contributed by atoms with Crippen LogP contribution in [0, 0.1) is 0 Å². The van der Waals surface area contributed by atoms with Gasteiger partial charge in [-0.2, -0.15) is 0 Å². The summed E-state index contributed by atoms with van der Waals surface area (Å²) in [5.41, 5.74) is 1.56. The van der Waals surface area contributed by atoms with Crippen molar-refractivity contribution >= 4 is 36.5 Å². The minimum atomic E-state index is -1.27. The first kappa shape index (κ1) is 12.8. The maximum absolute atomic E-state index is 11.2. The highest BCUT2D eigenvalue weighted by atomic mass is 35.5. The smallest absolute Gasteiger partial charge is 0.252 e. The predicted molar refractivity (Wildman–Crippen MR) is 68.7 cm³/mol. The molecule has 1 aromatic rings. The van der Waals surface area contributed by atoms with Crippen molar-refractivity contribution in [1.29, 1.82) is 0 Å². The zero-order chi connectivity index (χ0) is 11.6. The molecule has 0 aliphatic carbocycles. The van der Waals surface area contributed by atoms with E-state index in [0.29, 0.717) is 10.6 Å². The lowest BCUT2D eigenvalue weighted by Gasteiger charge is -2.17. The molecule has 0 aliphatic rings. The average molecular weight is 261 g/mol. The Labute approximate surface area is 101 Å². The molecule has 0 bridgehead atoms. The Morgan fingerprint density at radius 2 is 1.93 bits per heavy atom. The summed E-state index contributed by atoms with van der Waals surface area (Å²) in [5, 5.41) is 0.254. The highest BCUT2D eigenvalue weighted by Gasteiger charge is 2.18. The summed E-state index contributed by atoms with van der Waals surface area (Å²) in [6.07, 6.45) is 0. The van der Waals surface area contributed by atoms with E-state index in [1.165, 1.54) is 0 Å². The van der Waals surface area contributed by atoms with Crippen LogP contribution in [0.3, 0.4) is 0 Å². The Hall–Kier alpha value is -0.313. The summed E-state index contributed by atoms with van der Waals surface area (Å²) in [4.78, 5) is 11.2. The molecular weight excluding hydrogens is 247 g/mol. The van der Waals surface area contributed by atoms with Crippen LogP contribution < -0.4 is 0 Å². The van der Waals surface area contributed by atoms with E-state index < -0.39 is 13.3 Å². The maximum Gasteiger partial charge on any atom is 0.252 e. The van der Waals surface area contributed by atoms with Gasteiger partial charge in [0.05, 0.1) is 0 Å². The molecule has 0 spiro atoms. The lowest BCUT2D eigenvalue weighted by atomic mass is 10.1. The molecule has 4 heteroatoms. The third-order valence-electron chi connectivity index (χ3n) is 2.00. The fourth-order valence-corrected chi connectivity index (χ4v) is 3.29. The van der Waals surface area contributed by atoms with E-state index in [1.54, 1.807) is 12.1 Å². The second-order valence-corrected chi connectivity index (χ2v) is 11.1. The Balaban J connectivity index is 3.13. The zero-order valence-electron chi connectivity index (χ0n) is 9.10. The number of hydrogen-bond donors (Lipinski definition) is 0. The molecule has 0 saturated heterocycles. The molecule has 1 nitrogen and oxygen atoms in total. The van der Waals surface area contributed by atoms with E-state index in [2.05, 4.69) is 19.6 Å². The number of benzene rings is 1. The molecule has 0 aliphatic heterocycles. The largest absolute Gasteiger partial charge is 0.276 e. The van der Waals surface area contributed by atoms with Gasteiger partial charge >= 0.3 is 0 Å². The molecule has 1 aromatic carbocycles. The normalized spacial score (nSPS) is 11.5. The Bertz CT molecular complexity index is 383. The highest BCUT2D eigenvalue weighted by molar-refractivity contribution is 6.75. The molecular formula is C11H14Cl2OSi. The predicted octanol–water partition coefficient (Wildman–Crippen LogP) is 4.14. The first-order valence-electron chi connectivity index (χ1n) is 4.78. The highest BCUT2D eigenvalue weighted by Crippen LogP contribution is 2.21. The van der Waals surface area contributed by atoms with Gasteiger partial charge < -0.3 is 0 Å². The van der Waals surface area contributed by atoms with E-state index in [0.717, 1.165) is 11.6 Å². The van der Waals surface area contributed by atoms with Crippen molar-refractivity contribution in [2.45, 2.75) is 25.7 Å². The van der Waals surface area contributed by atoms with Gasteiger partial charge in [0.15, 0.2) is 0 Å². The van der Waals surface area contributed by atoms with Gasteiger partial charge in [-0.15, -0.1) is 0 Å². The zero-order valence-corrected chi connectivity index (χ0v) is 11.6. The van der Waals surface area contributed by atoms with Crippen LogP contribution >= 0.6 is 23.2 Å². The second-order valence-electron chi connectivity index (χ2n) is 4.81. The van der Waals surface area contributed by atoms with Gasteiger partial charge in [-0.3, -0.25) is 4.79 Å². The van der Waals surface area contributed by atoms with Crippen LogP contribution in [0.1, 0.15) is 15.9 Å². The fraction of sp³-hybridized carbons (Fsp3) is 0.364. The van der Waals surface area contributed by atoms with Gasteiger partial charge in [-0.1, -0.05) is 31.2 Å². The van der Waals surface area contributed by atoms with Crippen LogP contribution in [-0.2, 0) is 6.04 Å². The topological polar surface area (TPSA) is 17.1 Å². The minimum absolute atomic E-state index is 0.403. The van der Waals surface area contributed by atoms with Crippen LogP contribution in [0.15, 0.2) is 18.2 Å². The minimum Gasteiger partial charge on any atom is -0.276 e. The first-order chi connectivity index (χ1) is 6.79. The third-order valence-corrected chi connectivity index (χ3v) is 3.88. The summed E-state index contributed by atoms with van der Waals surface area (Å²) < 4.78 is 0. The molecule has 15 heavy (non-hydrogen) atoms. The molecule has 0 saturated carbocycles. The van der Waals surface area contributed by atoms with Crippen molar-refractivity contribution in [2.24, 2.45) is 0 Å². The van der Waals surface area contributed by atoms with Crippen molar-refractivity contribution in [3.63, 3.8) is 0 Å². The van der Waals surface area contributed by atoms with E-state index in [4.69, 9.17) is 23.2 Å². The van der Waals surface area contributed by atoms with Crippen LogP contribution in [0.2, 0.25) is 24.7 Å².